The molecular weight excluding hydrogens is 391 g/mol. The summed E-state index contributed by atoms with van der Waals surface area (Å²) in [5, 5.41) is 6.61. The van der Waals surface area contributed by atoms with Gasteiger partial charge in [0.1, 0.15) is 0 Å². The molecule has 0 saturated carbocycles. The molecule has 22 heavy (non-hydrogen) atoms. The number of hydrogen-bond acceptors (Lipinski definition) is 3. The number of ether oxygens (including phenoxy) is 1. The molecule has 1 aliphatic rings. The molecule has 132 valence electrons. The Morgan fingerprint density at radius 1 is 1.05 bits per heavy atom. The Balaban J connectivity index is 0.00000441. The summed E-state index contributed by atoms with van der Waals surface area (Å²) in [5.41, 5.74) is 0. The van der Waals surface area contributed by atoms with Crippen LogP contribution >= 0.6 is 24.0 Å². The highest BCUT2D eigenvalue weighted by Crippen LogP contribution is 2.09. The van der Waals surface area contributed by atoms with Gasteiger partial charge in [0.15, 0.2) is 5.96 Å². The third kappa shape index (κ3) is 11.5. The number of aliphatic imine (C=N–C) groups is 1. The van der Waals surface area contributed by atoms with Gasteiger partial charge in [0.05, 0.1) is 6.61 Å². The van der Waals surface area contributed by atoms with Crippen LogP contribution in [-0.4, -0.2) is 63.8 Å². The molecule has 1 saturated heterocycles. The molecule has 0 amide bonds. The van der Waals surface area contributed by atoms with Gasteiger partial charge < -0.3 is 20.3 Å². The second-order valence-corrected chi connectivity index (χ2v) is 5.59. The number of hydrogen-bond donors (Lipinski definition) is 2. The van der Waals surface area contributed by atoms with Gasteiger partial charge in [-0.1, -0.05) is 12.8 Å². The molecule has 0 radical (unpaired) electrons. The number of guanidine groups is 1. The first-order valence-corrected chi connectivity index (χ1v) is 8.61. The molecule has 1 fully saturated rings. The number of nitrogens with one attached hydrogen (secondary N) is 2. The van der Waals surface area contributed by atoms with E-state index in [2.05, 4.69) is 20.5 Å². The molecule has 1 rings (SSSR count). The molecule has 1 aliphatic heterocycles. The Morgan fingerprint density at radius 2 is 1.77 bits per heavy atom. The Labute approximate surface area is 153 Å². The minimum Gasteiger partial charge on any atom is -0.380 e. The molecule has 1 heterocycles. The van der Waals surface area contributed by atoms with Crippen LogP contribution in [0.15, 0.2) is 4.99 Å². The van der Waals surface area contributed by atoms with Crippen LogP contribution in [0.5, 0.6) is 0 Å². The molecule has 5 nitrogen and oxygen atoms in total. The Morgan fingerprint density at radius 3 is 2.45 bits per heavy atom. The van der Waals surface area contributed by atoms with Crippen LogP contribution in [0, 0.1) is 0 Å². The van der Waals surface area contributed by atoms with Crippen molar-refractivity contribution in [3.63, 3.8) is 0 Å². The van der Waals surface area contributed by atoms with Crippen molar-refractivity contribution in [3.8, 4) is 0 Å². The summed E-state index contributed by atoms with van der Waals surface area (Å²) in [6.07, 6.45) is 8.03. The summed E-state index contributed by atoms with van der Waals surface area (Å²) in [6, 6.07) is 0. The van der Waals surface area contributed by atoms with Crippen molar-refractivity contribution in [3.05, 3.63) is 0 Å². The maximum Gasteiger partial charge on any atom is 0.191 e. The zero-order chi connectivity index (χ0) is 15.2. The monoisotopic (exact) mass is 426 g/mol. The van der Waals surface area contributed by atoms with E-state index in [-0.39, 0.29) is 24.0 Å². The van der Waals surface area contributed by atoms with Crippen LogP contribution in [-0.2, 0) is 4.74 Å². The van der Waals surface area contributed by atoms with Crippen molar-refractivity contribution in [2.24, 2.45) is 4.99 Å². The lowest BCUT2D eigenvalue weighted by molar-refractivity contribution is 0.152. The average molecular weight is 426 g/mol. The highest BCUT2D eigenvalue weighted by Gasteiger charge is 2.08. The van der Waals surface area contributed by atoms with Crippen LogP contribution in [0.25, 0.3) is 0 Å². The van der Waals surface area contributed by atoms with Gasteiger partial charge in [-0.25, -0.2) is 0 Å². The molecule has 0 bridgehead atoms. The lowest BCUT2D eigenvalue weighted by Crippen LogP contribution is -2.39. The zero-order valence-corrected chi connectivity index (χ0v) is 16.7. The normalized spacial score (nSPS) is 16.2. The van der Waals surface area contributed by atoms with Crippen LogP contribution < -0.4 is 10.6 Å². The van der Waals surface area contributed by atoms with E-state index >= 15 is 0 Å². The van der Waals surface area contributed by atoms with Crippen LogP contribution in [0.2, 0.25) is 0 Å². The lowest BCUT2D eigenvalue weighted by Gasteiger charge is -2.26. The van der Waals surface area contributed by atoms with Crippen molar-refractivity contribution < 1.29 is 4.74 Å². The number of halogens is 1. The van der Waals surface area contributed by atoms with Crippen LogP contribution in [0.3, 0.4) is 0 Å². The first-order valence-electron chi connectivity index (χ1n) is 8.61. The number of piperidine rings is 1. The molecule has 0 aromatic rings. The second kappa shape index (κ2) is 15.8. The summed E-state index contributed by atoms with van der Waals surface area (Å²) in [6.45, 7) is 9.22. The van der Waals surface area contributed by atoms with Crippen molar-refractivity contribution in [1.82, 2.24) is 15.5 Å². The van der Waals surface area contributed by atoms with E-state index in [0.29, 0.717) is 0 Å². The summed E-state index contributed by atoms with van der Waals surface area (Å²) < 4.78 is 5.29. The summed E-state index contributed by atoms with van der Waals surface area (Å²) in [4.78, 5) is 6.82. The first-order chi connectivity index (χ1) is 10.4. The van der Waals surface area contributed by atoms with Crippen molar-refractivity contribution in [2.45, 2.75) is 45.4 Å². The Hall–Kier alpha value is -0.0800. The summed E-state index contributed by atoms with van der Waals surface area (Å²) >= 11 is 0. The number of rotatable bonds is 10. The Kier molecular flexibility index (Phi) is 15.7. The molecule has 0 atom stereocenters. The largest absolute Gasteiger partial charge is 0.380 e. The minimum atomic E-state index is 0. The van der Waals surface area contributed by atoms with E-state index in [1.807, 2.05) is 14.0 Å². The highest BCUT2D eigenvalue weighted by molar-refractivity contribution is 14.0. The van der Waals surface area contributed by atoms with Gasteiger partial charge in [-0.05, 0) is 52.2 Å². The van der Waals surface area contributed by atoms with E-state index in [9.17, 15) is 0 Å². The predicted molar refractivity (Wildman–Crippen MR) is 105 cm³/mol. The second-order valence-electron chi connectivity index (χ2n) is 5.59. The topological polar surface area (TPSA) is 48.9 Å². The first kappa shape index (κ1) is 21.9. The summed E-state index contributed by atoms with van der Waals surface area (Å²) in [7, 11) is 1.81. The maximum atomic E-state index is 5.29. The summed E-state index contributed by atoms with van der Waals surface area (Å²) in [5.74, 6) is 0.880. The quantitative estimate of drug-likeness (QED) is 0.244. The van der Waals surface area contributed by atoms with E-state index in [4.69, 9.17) is 4.74 Å². The van der Waals surface area contributed by atoms with Crippen molar-refractivity contribution in [2.75, 3.05) is 53.0 Å². The van der Waals surface area contributed by atoms with Crippen LogP contribution in [0.1, 0.15) is 45.4 Å². The van der Waals surface area contributed by atoms with Gasteiger partial charge in [0, 0.05) is 26.7 Å². The SMILES string of the molecule is CCOCCNC(=NC)NCCCCCN1CCCCC1.I. The van der Waals surface area contributed by atoms with Gasteiger partial charge in [0.2, 0.25) is 0 Å². The standard InChI is InChI=1S/C16H34N4O.HI/c1-3-21-15-11-19-16(17-2)18-10-6-4-7-12-20-13-8-5-9-14-20;/h3-15H2,1-2H3,(H2,17,18,19);1H. The molecule has 2 N–H and O–H groups in total. The van der Waals surface area contributed by atoms with Crippen molar-refractivity contribution >= 4 is 29.9 Å². The zero-order valence-electron chi connectivity index (χ0n) is 14.4. The maximum absolute atomic E-state index is 5.29. The fourth-order valence-corrected chi connectivity index (χ4v) is 2.63. The molecule has 0 aromatic heterocycles. The molecule has 0 aromatic carbocycles. The van der Waals surface area contributed by atoms with Crippen molar-refractivity contribution in [1.29, 1.82) is 0 Å². The van der Waals surface area contributed by atoms with Gasteiger partial charge >= 0.3 is 0 Å². The number of nitrogens with zero attached hydrogens (tertiary/aromatic N) is 2. The molecule has 0 unspecified atom stereocenters. The van der Waals surface area contributed by atoms with Crippen LogP contribution in [0.4, 0.5) is 0 Å². The van der Waals surface area contributed by atoms with Gasteiger partial charge in [-0.3, -0.25) is 4.99 Å². The smallest absolute Gasteiger partial charge is 0.191 e. The van der Waals surface area contributed by atoms with Gasteiger partial charge in [-0.2, -0.15) is 0 Å². The number of likely N-dealkylation sites (tertiary alicyclic amines) is 1. The van der Waals surface area contributed by atoms with E-state index < -0.39 is 0 Å². The molecular formula is C16H35IN4O. The highest BCUT2D eigenvalue weighted by atomic mass is 127. The fraction of sp³-hybridized carbons (Fsp3) is 0.938. The minimum absolute atomic E-state index is 0. The number of unbranched alkanes of at least 4 members (excludes halogenated alkanes) is 2. The molecule has 6 heteroatoms. The molecule has 0 spiro atoms. The average Bonchev–Trinajstić information content (AvgIpc) is 2.53. The molecule has 0 aliphatic carbocycles. The third-order valence-electron chi connectivity index (χ3n) is 3.86. The predicted octanol–water partition coefficient (Wildman–Crippen LogP) is 2.46. The fourth-order valence-electron chi connectivity index (χ4n) is 2.63. The lowest BCUT2D eigenvalue weighted by atomic mass is 10.1. The van der Waals surface area contributed by atoms with E-state index in [1.165, 1.54) is 58.2 Å². The Bertz CT molecular complexity index is 271. The van der Waals surface area contributed by atoms with E-state index in [1.54, 1.807) is 0 Å². The van der Waals surface area contributed by atoms with Gasteiger partial charge in [0.25, 0.3) is 0 Å². The third-order valence-corrected chi connectivity index (χ3v) is 3.86. The van der Waals surface area contributed by atoms with E-state index in [0.717, 1.165) is 32.3 Å². The van der Waals surface area contributed by atoms with Gasteiger partial charge in [-0.15, -0.1) is 24.0 Å².